The Balaban J connectivity index is 1.96. The van der Waals surface area contributed by atoms with Crippen molar-refractivity contribution in [3.8, 4) is 17.2 Å². The van der Waals surface area contributed by atoms with Gasteiger partial charge in [-0.15, -0.1) is 0 Å². The van der Waals surface area contributed by atoms with E-state index in [-0.39, 0.29) is 18.3 Å². The molecule has 1 atom stereocenters. The van der Waals surface area contributed by atoms with E-state index in [0.29, 0.717) is 43.4 Å². The van der Waals surface area contributed by atoms with Gasteiger partial charge < -0.3 is 18.9 Å². The average Bonchev–Trinajstić information content (AvgIpc) is 3.17. The standard InChI is InChI=1S/C28H30N2O6S/c1-7-35-27(32)24-17(4)29-28-30(25(24)19-12-13-21(33-5)22(14-19)34-6)26(31)23(37-28)15-18-10-8-9-11-20(18)36-16(2)3/h8-16,25H,7H2,1-6H3/b23-15-/t25-/m1/s1. The van der Waals surface area contributed by atoms with Crippen molar-refractivity contribution in [3.05, 3.63) is 84.5 Å². The van der Waals surface area contributed by atoms with Crippen molar-refractivity contribution in [2.75, 3.05) is 20.8 Å². The van der Waals surface area contributed by atoms with Gasteiger partial charge in [-0.25, -0.2) is 9.79 Å². The molecule has 0 fully saturated rings. The van der Waals surface area contributed by atoms with Crippen molar-refractivity contribution in [3.63, 3.8) is 0 Å². The molecule has 1 aliphatic rings. The molecule has 2 heterocycles. The summed E-state index contributed by atoms with van der Waals surface area (Å²) in [6, 6.07) is 12.1. The van der Waals surface area contributed by atoms with Gasteiger partial charge in [0.1, 0.15) is 5.75 Å². The SMILES string of the molecule is CCOC(=O)C1=C(C)N=c2s/c(=C\c3ccccc3OC(C)C)c(=O)n2[C@@H]1c1ccc(OC)c(OC)c1. The van der Waals surface area contributed by atoms with Gasteiger partial charge in [-0.3, -0.25) is 9.36 Å². The lowest BCUT2D eigenvalue weighted by atomic mass is 9.95. The Labute approximate surface area is 219 Å². The summed E-state index contributed by atoms with van der Waals surface area (Å²) in [6.07, 6.45) is 1.78. The summed E-state index contributed by atoms with van der Waals surface area (Å²) in [5, 5.41) is 0. The fraction of sp³-hybridized carbons (Fsp3) is 0.321. The van der Waals surface area contributed by atoms with E-state index in [0.717, 1.165) is 5.56 Å². The van der Waals surface area contributed by atoms with E-state index in [1.165, 1.54) is 18.4 Å². The second-order valence-corrected chi connectivity index (χ2v) is 9.63. The first-order valence-corrected chi connectivity index (χ1v) is 12.8. The zero-order valence-corrected chi connectivity index (χ0v) is 22.5. The highest BCUT2D eigenvalue weighted by Gasteiger charge is 2.34. The number of para-hydroxylation sites is 1. The maximum Gasteiger partial charge on any atom is 0.338 e. The van der Waals surface area contributed by atoms with Crippen molar-refractivity contribution >= 4 is 23.4 Å². The van der Waals surface area contributed by atoms with Crippen molar-refractivity contribution in [1.29, 1.82) is 0 Å². The second kappa shape index (κ2) is 11.0. The Morgan fingerprint density at radius 3 is 2.51 bits per heavy atom. The van der Waals surface area contributed by atoms with Crippen LogP contribution in [0.2, 0.25) is 0 Å². The first-order valence-electron chi connectivity index (χ1n) is 12.0. The van der Waals surface area contributed by atoms with Crippen LogP contribution in [0.4, 0.5) is 0 Å². The molecule has 2 aromatic carbocycles. The number of benzene rings is 2. The minimum Gasteiger partial charge on any atom is -0.493 e. The number of allylic oxidation sites excluding steroid dienone is 1. The van der Waals surface area contributed by atoms with Gasteiger partial charge in [0.2, 0.25) is 0 Å². The molecule has 0 saturated heterocycles. The number of hydrogen-bond donors (Lipinski definition) is 0. The van der Waals surface area contributed by atoms with E-state index in [2.05, 4.69) is 4.99 Å². The highest BCUT2D eigenvalue weighted by Crippen LogP contribution is 2.36. The number of fused-ring (bicyclic) bond motifs is 1. The van der Waals surface area contributed by atoms with Crippen molar-refractivity contribution in [2.24, 2.45) is 4.99 Å². The Hall–Kier alpha value is -3.85. The highest BCUT2D eigenvalue weighted by atomic mass is 32.1. The van der Waals surface area contributed by atoms with Crippen LogP contribution in [0.25, 0.3) is 6.08 Å². The van der Waals surface area contributed by atoms with Crippen LogP contribution >= 0.6 is 11.3 Å². The molecule has 9 heteroatoms. The third kappa shape index (κ3) is 5.17. The molecule has 0 spiro atoms. The van der Waals surface area contributed by atoms with Gasteiger partial charge in [0, 0.05) is 5.56 Å². The molecule has 1 aromatic heterocycles. The predicted molar refractivity (Wildman–Crippen MR) is 142 cm³/mol. The molecule has 0 saturated carbocycles. The van der Waals surface area contributed by atoms with Crippen molar-refractivity contribution in [2.45, 2.75) is 39.8 Å². The second-order valence-electron chi connectivity index (χ2n) is 8.62. The zero-order chi connectivity index (χ0) is 26.7. The summed E-state index contributed by atoms with van der Waals surface area (Å²) < 4.78 is 24.2. The fourth-order valence-electron chi connectivity index (χ4n) is 4.23. The van der Waals surface area contributed by atoms with Crippen LogP contribution in [0.5, 0.6) is 17.2 Å². The number of carbonyl (C=O) groups excluding carboxylic acids is 1. The van der Waals surface area contributed by atoms with Crippen LogP contribution in [0.15, 0.2) is 63.5 Å². The Bertz CT molecular complexity index is 1530. The quantitative estimate of drug-likeness (QED) is 0.420. The molecule has 0 N–H and O–H groups in total. The molecule has 37 heavy (non-hydrogen) atoms. The number of hydrogen-bond acceptors (Lipinski definition) is 8. The molecule has 3 aromatic rings. The monoisotopic (exact) mass is 522 g/mol. The number of methoxy groups -OCH3 is 2. The maximum atomic E-state index is 13.9. The minimum absolute atomic E-state index is 0.0180. The van der Waals surface area contributed by atoms with E-state index in [1.54, 1.807) is 43.7 Å². The molecule has 194 valence electrons. The summed E-state index contributed by atoms with van der Waals surface area (Å²) in [5.41, 5.74) is 1.99. The topological polar surface area (TPSA) is 88.4 Å². The lowest BCUT2D eigenvalue weighted by molar-refractivity contribution is -0.139. The van der Waals surface area contributed by atoms with E-state index in [4.69, 9.17) is 18.9 Å². The molecule has 0 bridgehead atoms. The molecule has 0 radical (unpaired) electrons. The van der Waals surface area contributed by atoms with Crippen molar-refractivity contribution in [1.82, 2.24) is 4.57 Å². The van der Waals surface area contributed by atoms with E-state index in [1.807, 2.05) is 44.2 Å². The minimum atomic E-state index is -0.751. The van der Waals surface area contributed by atoms with E-state index < -0.39 is 12.0 Å². The smallest absolute Gasteiger partial charge is 0.338 e. The van der Waals surface area contributed by atoms with Crippen LogP contribution < -0.4 is 29.1 Å². The van der Waals surface area contributed by atoms with Gasteiger partial charge in [-0.2, -0.15) is 0 Å². The molecule has 0 aliphatic carbocycles. The summed E-state index contributed by atoms with van der Waals surface area (Å²) in [4.78, 5) is 32.1. The molecule has 8 nitrogen and oxygen atoms in total. The van der Waals surface area contributed by atoms with Gasteiger partial charge in [-0.1, -0.05) is 35.6 Å². The summed E-state index contributed by atoms with van der Waals surface area (Å²) in [6.45, 7) is 7.60. The Morgan fingerprint density at radius 1 is 1.11 bits per heavy atom. The van der Waals surface area contributed by atoms with Crippen LogP contribution in [0.1, 0.15) is 44.9 Å². The molecule has 4 rings (SSSR count). The molecular weight excluding hydrogens is 492 g/mol. The van der Waals surface area contributed by atoms with Gasteiger partial charge >= 0.3 is 5.97 Å². The molecule has 1 aliphatic heterocycles. The molecule has 0 amide bonds. The first-order chi connectivity index (χ1) is 17.8. The third-order valence-electron chi connectivity index (χ3n) is 5.81. The Morgan fingerprint density at radius 2 is 1.84 bits per heavy atom. The van der Waals surface area contributed by atoms with Crippen LogP contribution in [0.3, 0.4) is 0 Å². The Kier molecular flexibility index (Phi) is 7.83. The number of thiazole rings is 1. The van der Waals surface area contributed by atoms with Crippen LogP contribution in [-0.4, -0.2) is 37.5 Å². The van der Waals surface area contributed by atoms with Crippen LogP contribution in [-0.2, 0) is 9.53 Å². The van der Waals surface area contributed by atoms with Gasteiger partial charge in [0.25, 0.3) is 5.56 Å². The molecular formula is C28H30N2O6S. The fourth-order valence-corrected chi connectivity index (χ4v) is 5.27. The summed E-state index contributed by atoms with van der Waals surface area (Å²) in [7, 11) is 3.09. The summed E-state index contributed by atoms with van der Waals surface area (Å²) in [5.74, 6) is 1.19. The normalized spacial score (nSPS) is 15.3. The third-order valence-corrected chi connectivity index (χ3v) is 6.79. The lowest BCUT2D eigenvalue weighted by Crippen LogP contribution is -2.40. The number of carbonyl (C=O) groups is 1. The first kappa shape index (κ1) is 26.2. The maximum absolute atomic E-state index is 13.9. The van der Waals surface area contributed by atoms with Gasteiger partial charge in [-0.05, 0) is 57.5 Å². The lowest BCUT2D eigenvalue weighted by Gasteiger charge is -2.25. The van der Waals surface area contributed by atoms with Gasteiger partial charge in [0.05, 0.1) is 48.8 Å². The predicted octanol–water partition coefficient (Wildman–Crippen LogP) is 3.60. The van der Waals surface area contributed by atoms with E-state index >= 15 is 0 Å². The van der Waals surface area contributed by atoms with E-state index in [9.17, 15) is 9.59 Å². The number of esters is 1. The summed E-state index contributed by atoms with van der Waals surface area (Å²) >= 11 is 1.26. The average molecular weight is 523 g/mol. The largest absolute Gasteiger partial charge is 0.493 e. The number of nitrogens with zero attached hydrogens (tertiary/aromatic N) is 2. The van der Waals surface area contributed by atoms with Crippen LogP contribution in [0, 0.1) is 0 Å². The highest BCUT2D eigenvalue weighted by molar-refractivity contribution is 7.07. The molecule has 0 unspecified atom stereocenters. The number of aromatic nitrogens is 1. The zero-order valence-electron chi connectivity index (χ0n) is 21.7. The number of ether oxygens (including phenoxy) is 4. The van der Waals surface area contributed by atoms with Gasteiger partial charge in [0.15, 0.2) is 16.3 Å². The van der Waals surface area contributed by atoms with Crippen molar-refractivity contribution < 1.29 is 23.7 Å². The number of rotatable bonds is 8.